The molecule has 2 aromatic rings. The Morgan fingerprint density at radius 1 is 1.21 bits per heavy atom. The molecule has 1 aromatic heterocycles. The maximum Gasteiger partial charge on any atom is 0.240 e. The van der Waals surface area contributed by atoms with Gasteiger partial charge in [-0.05, 0) is 72.6 Å². The quantitative estimate of drug-likeness (QED) is 0.819. The third kappa shape index (κ3) is 3.97. The molecule has 5 nitrogen and oxygen atoms in total. The maximum absolute atomic E-state index is 12.6. The average Bonchev–Trinajstić information content (AvgIpc) is 3.29. The van der Waals surface area contributed by atoms with Crippen LogP contribution in [0.15, 0.2) is 46.0 Å². The second-order valence-electron chi connectivity index (χ2n) is 5.84. The minimum Gasteiger partial charge on any atom is -0.497 e. The van der Waals surface area contributed by atoms with Crippen molar-refractivity contribution >= 4 is 21.4 Å². The van der Waals surface area contributed by atoms with Gasteiger partial charge in [0.2, 0.25) is 10.0 Å². The van der Waals surface area contributed by atoms with E-state index < -0.39 is 10.0 Å². The summed E-state index contributed by atoms with van der Waals surface area (Å²) in [5.41, 5.74) is 1.18. The van der Waals surface area contributed by atoms with Crippen LogP contribution in [-0.2, 0) is 10.0 Å². The van der Waals surface area contributed by atoms with Gasteiger partial charge in [0.15, 0.2) is 0 Å². The van der Waals surface area contributed by atoms with E-state index in [2.05, 4.69) is 21.1 Å². The first-order valence-corrected chi connectivity index (χ1v) is 10.4. The Morgan fingerprint density at radius 2 is 1.92 bits per heavy atom. The van der Waals surface area contributed by atoms with Gasteiger partial charge in [-0.25, -0.2) is 13.1 Å². The van der Waals surface area contributed by atoms with E-state index in [1.807, 2.05) is 5.38 Å². The molecule has 1 N–H and O–H groups in total. The van der Waals surface area contributed by atoms with Crippen LogP contribution in [0.3, 0.4) is 0 Å². The number of hydrogen-bond acceptors (Lipinski definition) is 5. The summed E-state index contributed by atoms with van der Waals surface area (Å²) in [7, 11) is -1.97. The van der Waals surface area contributed by atoms with Crippen molar-refractivity contribution in [2.24, 2.45) is 0 Å². The molecule has 3 rings (SSSR count). The van der Waals surface area contributed by atoms with Crippen molar-refractivity contribution in [2.45, 2.75) is 23.8 Å². The third-order valence-electron chi connectivity index (χ3n) is 4.35. The van der Waals surface area contributed by atoms with Crippen molar-refractivity contribution in [1.82, 2.24) is 9.62 Å². The molecule has 0 aliphatic carbocycles. The molecule has 7 heteroatoms. The Hall–Kier alpha value is -1.41. The Bertz CT molecular complexity index is 737. The molecule has 2 heterocycles. The highest BCUT2D eigenvalue weighted by atomic mass is 32.2. The van der Waals surface area contributed by atoms with E-state index in [4.69, 9.17) is 4.74 Å². The highest BCUT2D eigenvalue weighted by molar-refractivity contribution is 7.89. The number of methoxy groups -OCH3 is 1. The number of nitrogens with zero attached hydrogens (tertiary/aromatic N) is 1. The smallest absolute Gasteiger partial charge is 0.240 e. The number of ether oxygens (including phenoxy) is 1. The molecule has 0 saturated carbocycles. The number of thiophene rings is 1. The van der Waals surface area contributed by atoms with E-state index in [1.54, 1.807) is 42.7 Å². The van der Waals surface area contributed by atoms with E-state index in [0.717, 1.165) is 13.1 Å². The summed E-state index contributed by atoms with van der Waals surface area (Å²) >= 11 is 1.64. The Kier molecular flexibility index (Phi) is 5.55. The molecule has 0 unspecified atom stereocenters. The van der Waals surface area contributed by atoms with Crippen molar-refractivity contribution < 1.29 is 13.2 Å². The molecule has 24 heavy (non-hydrogen) atoms. The van der Waals surface area contributed by atoms with Crippen molar-refractivity contribution in [1.29, 1.82) is 0 Å². The summed E-state index contributed by atoms with van der Waals surface area (Å²) in [5, 5.41) is 4.14. The summed E-state index contributed by atoms with van der Waals surface area (Å²) in [6.45, 7) is 2.42. The monoisotopic (exact) mass is 366 g/mol. The molecule has 0 spiro atoms. The summed E-state index contributed by atoms with van der Waals surface area (Å²) < 4.78 is 33.0. The fourth-order valence-corrected chi connectivity index (χ4v) is 4.75. The summed E-state index contributed by atoms with van der Waals surface area (Å²) in [6.07, 6.45) is 2.34. The van der Waals surface area contributed by atoms with Gasteiger partial charge < -0.3 is 4.74 Å². The van der Waals surface area contributed by atoms with Gasteiger partial charge in [-0.2, -0.15) is 11.3 Å². The number of hydrogen-bond donors (Lipinski definition) is 1. The van der Waals surface area contributed by atoms with Crippen molar-refractivity contribution in [3.05, 3.63) is 46.7 Å². The second kappa shape index (κ2) is 7.65. The molecular weight excluding hydrogens is 344 g/mol. The lowest BCUT2D eigenvalue weighted by Crippen LogP contribution is -2.36. The van der Waals surface area contributed by atoms with Gasteiger partial charge in [-0.1, -0.05) is 0 Å². The molecule has 0 amide bonds. The fourth-order valence-electron chi connectivity index (χ4n) is 3.00. The molecule has 1 fully saturated rings. The Labute approximate surface area is 147 Å². The minimum absolute atomic E-state index is 0.0896. The first-order chi connectivity index (χ1) is 11.6. The summed E-state index contributed by atoms with van der Waals surface area (Å²) in [5.74, 6) is 0.641. The fraction of sp³-hybridized carbons (Fsp3) is 0.412. The lowest BCUT2D eigenvalue weighted by molar-refractivity contribution is 0.247. The minimum atomic E-state index is -3.53. The lowest BCUT2D eigenvalue weighted by Gasteiger charge is -2.27. The average molecular weight is 367 g/mol. The highest BCUT2D eigenvalue weighted by Gasteiger charge is 2.25. The molecule has 1 aliphatic rings. The first-order valence-electron chi connectivity index (χ1n) is 8.00. The van der Waals surface area contributed by atoms with Crippen molar-refractivity contribution in [3.63, 3.8) is 0 Å². The zero-order chi connectivity index (χ0) is 17.0. The number of nitrogens with one attached hydrogen (secondary N) is 1. The largest absolute Gasteiger partial charge is 0.497 e. The predicted molar refractivity (Wildman–Crippen MR) is 96.0 cm³/mol. The molecule has 1 atom stereocenters. The van der Waals surface area contributed by atoms with Crippen molar-refractivity contribution in [3.8, 4) is 5.75 Å². The second-order valence-corrected chi connectivity index (χ2v) is 8.39. The van der Waals surface area contributed by atoms with Crippen LogP contribution in [0.25, 0.3) is 0 Å². The van der Waals surface area contributed by atoms with Gasteiger partial charge in [-0.15, -0.1) is 0 Å². The van der Waals surface area contributed by atoms with E-state index in [-0.39, 0.29) is 10.9 Å². The third-order valence-corrected chi connectivity index (χ3v) is 6.49. The standard InChI is InChI=1S/C17H22N2O3S2/c1-22-15-4-6-16(7-5-15)24(20,21)18-12-17(14-8-11-23-13-14)19-9-2-3-10-19/h4-8,11,13,17-18H,2-3,9-10,12H2,1H3/t17-/m0/s1. The van der Waals surface area contributed by atoms with Crippen LogP contribution in [0.5, 0.6) is 5.75 Å². The predicted octanol–water partition coefficient (Wildman–Crippen LogP) is 2.87. The molecule has 0 radical (unpaired) electrons. The molecular formula is C17H22N2O3S2. The van der Waals surface area contributed by atoms with E-state index in [9.17, 15) is 8.42 Å². The number of rotatable bonds is 7. The van der Waals surface area contributed by atoms with Gasteiger partial charge in [0.1, 0.15) is 5.75 Å². The van der Waals surface area contributed by atoms with Crippen LogP contribution in [0, 0.1) is 0 Å². The first kappa shape index (κ1) is 17.4. The van der Waals surface area contributed by atoms with Crippen LogP contribution < -0.4 is 9.46 Å². The summed E-state index contributed by atoms with van der Waals surface area (Å²) in [4.78, 5) is 2.62. The van der Waals surface area contributed by atoms with Gasteiger partial charge in [0.05, 0.1) is 12.0 Å². The maximum atomic E-state index is 12.6. The SMILES string of the molecule is COc1ccc(S(=O)(=O)NC[C@@H](c2ccsc2)N2CCCC2)cc1. The Morgan fingerprint density at radius 3 is 2.50 bits per heavy atom. The van der Waals surface area contributed by atoms with Gasteiger partial charge in [0.25, 0.3) is 0 Å². The van der Waals surface area contributed by atoms with Crippen LogP contribution >= 0.6 is 11.3 Å². The number of benzene rings is 1. The van der Waals surface area contributed by atoms with Crippen molar-refractivity contribution in [2.75, 3.05) is 26.7 Å². The Balaban J connectivity index is 1.73. The topological polar surface area (TPSA) is 58.6 Å². The molecule has 0 bridgehead atoms. The molecule has 130 valence electrons. The normalized spacial score (nSPS) is 17.0. The molecule has 1 aliphatic heterocycles. The van der Waals surface area contributed by atoms with E-state index in [1.165, 1.54) is 18.4 Å². The van der Waals surface area contributed by atoms with Gasteiger partial charge in [0, 0.05) is 12.6 Å². The van der Waals surface area contributed by atoms with E-state index >= 15 is 0 Å². The zero-order valence-corrected chi connectivity index (χ0v) is 15.3. The van der Waals surface area contributed by atoms with Crippen LogP contribution in [-0.4, -0.2) is 40.1 Å². The lowest BCUT2D eigenvalue weighted by atomic mass is 10.1. The molecule has 1 aromatic carbocycles. The highest BCUT2D eigenvalue weighted by Crippen LogP contribution is 2.26. The van der Waals surface area contributed by atoms with Gasteiger partial charge >= 0.3 is 0 Å². The number of sulfonamides is 1. The number of likely N-dealkylation sites (tertiary alicyclic amines) is 1. The van der Waals surface area contributed by atoms with Gasteiger partial charge in [-0.3, -0.25) is 4.90 Å². The van der Waals surface area contributed by atoms with E-state index in [0.29, 0.717) is 12.3 Å². The molecule has 1 saturated heterocycles. The zero-order valence-electron chi connectivity index (χ0n) is 13.6. The summed E-state index contributed by atoms with van der Waals surface area (Å²) in [6, 6.07) is 8.62. The van der Waals surface area contributed by atoms with Crippen LogP contribution in [0.4, 0.5) is 0 Å². The van der Waals surface area contributed by atoms with Crippen LogP contribution in [0.1, 0.15) is 24.4 Å². The van der Waals surface area contributed by atoms with Crippen LogP contribution in [0.2, 0.25) is 0 Å².